The van der Waals surface area contributed by atoms with Gasteiger partial charge >= 0.3 is 0 Å². The van der Waals surface area contributed by atoms with Crippen LogP contribution in [-0.2, 0) is 0 Å². The number of thioether (sulfide) groups is 1. The molecule has 0 saturated carbocycles. The number of nitrogens with zero attached hydrogens (tertiary/aromatic N) is 2. The summed E-state index contributed by atoms with van der Waals surface area (Å²) in [6.45, 7) is 0. The molecule has 1 aromatic rings. The SMILES string of the molecule is CSC(=O)N/N=C/c1ccccn1. The summed E-state index contributed by atoms with van der Waals surface area (Å²) in [5.41, 5.74) is 3.05. The van der Waals surface area contributed by atoms with Gasteiger partial charge in [-0.05, 0) is 18.4 Å². The molecule has 0 aromatic carbocycles. The van der Waals surface area contributed by atoms with Gasteiger partial charge in [0.25, 0.3) is 5.24 Å². The number of hydrogen-bond acceptors (Lipinski definition) is 4. The van der Waals surface area contributed by atoms with Gasteiger partial charge in [-0.15, -0.1) is 0 Å². The number of amides is 1. The van der Waals surface area contributed by atoms with Gasteiger partial charge in [-0.1, -0.05) is 17.8 Å². The first-order valence-electron chi connectivity index (χ1n) is 3.61. The Labute approximate surface area is 80.4 Å². The maximum absolute atomic E-state index is 10.7. The third-order valence-corrected chi connectivity index (χ3v) is 1.69. The maximum Gasteiger partial charge on any atom is 0.298 e. The number of aromatic nitrogens is 1. The van der Waals surface area contributed by atoms with Crippen LogP contribution in [0.4, 0.5) is 4.79 Å². The molecular weight excluding hydrogens is 186 g/mol. The number of nitrogens with one attached hydrogen (secondary N) is 1. The number of hydrazone groups is 1. The molecule has 1 heterocycles. The van der Waals surface area contributed by atoms with Crippen molar-refractivity contribution >= 4 is 23.2 Å². The van der Waals surface area contributed by atoms with Crippen LogP contribution >= 0.6 is 11.8 Å². The van der Waals surface area contributed by atoms with E-state index in [0.717, 1.165) is 11.8 Å². The Kier molecular flexibility index (Phi) is 3.98. The van der Waals surface area contributed by atoms with Crippen molar-refractivity contribution in [2.45, 2.75) is 0 Å². The molecule has 1 N–H and O–H groups in total. The minimum atomic E-state index is -0.188. The quantitative estimate of drug-likeness (QED) is 0.574. The predicted molar refractivity (Wildman–Crippen MR) is 53.9 cm³/mol. The Bertz CT molecular complexity index is 300. The van der Waals surface area contributed by atoms with Gasteiger partial charge in [-0.2, -0.15) is 5.10 Å². The lowest BCUT2D eigenvalue weighted by Crippen LogP contribution is -2.10. The summed E-state index contributed by atoms with van der Waals surface area (Å²) >= 11 is 1.08. The minimum Gasteiger partial charge on any atom is -0.260 e. The summed E-state index contributed by atoms with van der Waals surface area (Å²) in [6, 6.07) is 5.47. The Morgan fingerprint density at radius 1 is 1.69 bits per heavy atom. The van der Waals surface area contributed by atoms with E-state index in [4.69, 9.17) is 0 Å². The Balaban J connectivity index is 2.45. The average Bonchev–Trinajstić information content (AvgIpc) is 2.19. The topological polar surface area (TPSA) is 54.4 Å². The number of carbonyl (C=O) groups excluding carboxylic acids is 1. The van der Waals surface area contributed by atoms with Gasteiger partial charge in [0.2, 0.25) is 0 Å². The fourth-order valence-corrected chi connectivity index (χ4v) is 0.793. The zero-order valence-corrected chi connectivity index (χ0v) is 7.91. The highest BCUT2D eigenvalue weighted by molar-refractivity contribution is 8.12. The van der Waals surface area contributed by atoms with Crippen molar-refractivity contribution in [2.24, 2.45) is 5.10 Å². The van der Waals surface area contributed by atoms with Gasteiger partial charge < -0.3 is 0 Å². The molecule has 0 fully saturated rings. The molecule has 0 aliphatic carbocycles. The molecule has 0 bridgehead atoms. The second-order valence-corrected chi connectivity index (χ2v) is 2.90. The van der Waals surface area contributed by atoms with Crippen molar-refractivity contribution in [3.05, 3.63) is 30.1 Å². The van der Waals surface area contributed by atoms with Crippen LogP contribution in [0.2, 0.25) is 0 Å². The van der Waals surface area contributed by atoms with E-state index in [9.17, 15) is 4.79 Å². The fourth-order valence-electron chi connectivity index (χ4n) is 0.649. The summed E-state index contributed by atoms with van der Waals surface area (Å²) in [6.07, 6.45) is 4.84. The van der Waals surface area contributed by atoms with Crippen molar-refractivity contribution < 1.29 is 4.79 Å². The minimum absolute atomic E-state index is 0.188. The van der Waals surface area contributed by atoms with E-state index in [1.54, 1.807) is 18.5 Å². The zero-order chi connectivity index (χ0) is 9.52. The van der Waals surface area contributed by atoms with Crippen LogP contribution in [0.3, 0.4) is 0 Å². The molecule has 1 aromatic heterocycles. The van der Waals surface area contributed by atoms with Crippen molar-refractivity contribution in [1.29, 1.82) is 0 Å². The third kappa shape index (κ3) is 3.71. The van der Waals surface area contributed by atoms with Crippen LogP contribution in [0.25, 0.3) is 0 Å². The summed E-state index contributed by atoms with van der Waals surface area (Å²) < 4.78 is 0. The van der Waals surface area contributed by atoms with Crippen LogP contribution in [-0.4, -0.2) is 22.7 Å². The van der Waals surface area contributed by atoms with E-state index in [1.807, 2.05) is 12.1 Å². The summed E-state index contributed by atoms with van der Waals surface area (Å²) in [5, 5.41) is 3.52. The number of carbonyl (C=O) groups is 1. The number of rotatable bonds is 2. The third-order valence-electron chi connectivity index (χ3n) is 1.23. The zero-order valence-electron chi connectivity index (χ0n) is 7.10. The molecule has 0 saturated heterocycles. The normalized spacial score (nSPS) is 10.2. The molecule has 1 rings (SSSR count). The fraction of sp³-hybridized carbons (Fsp3) is 0.125. The summed E-state index contributed by atoms with van der Waals surface area (Å²) in [7, 11) is 0. The second-order valence-electron chi connectivity index (χ2n) is 2.12. The van der Waals surface area contributed by atoms with Crippen LogP contribution in [0.15, 0.2) is 29.5 Å². The highest BCUT2D eigenvalue weighted by Crippen LogP contribution is 1.92. The van der Waals surface area contributed by atoms with Gasteiger partial charge in [0, 0.05) is 6.20 Å². The Morgan fingerprint density at radius 3 is 3.15 bits per heavy atom. The van der Waals surface area contributed by atoms with Crippen molar-refractivity contribution in [3.8, 4) is 0 Å². The molecule has 0 radical (unpaired) electrons. The molecule has 0 atom stereocenters. The van der Waals surface area contributed by atoms with E-state index in [1.165, 1.54) is 6.21 Å². The van der Waals surface area contributed by atoms with Crippen LogP contribution in [0.5, 0.6) is 0 Å². The Morgan fingerprint density at radius 2 is 2.54 bits per heavy atom. The predicted octanol–water partition coefficient (Wildman–Crippen LogP) is 1.49. The van der Waals surface area contributed by atoms with E-state index < -0.39 is 0 Å². The molecule has 0 unspecified atom stereocenters. The molecule has 0 aliphatic rings. The van der Waals surface area contributed by atoms with Crippen LogP contribution in [0, 0.1) is 0 Å². The lowest BCUT2D eigenvalue weighted by atomic mass is 10.4. The average molecular weight is 195 g/mol. The molecule has 1 amide bonds. The lowest BCUT2D eigenvalue weighted by molar-refractivity contribution is 0.261. The molecule has 4 nitrogen and oxygen atoms in total. The number of pyridine rings is 1. The smallest absolute Gasteiger partial charge is 0.260 e. The first-order valence-corrected chi connectivity index (χ1v) is 4.83. The van der Waals surface area contributed by atoms with E-state index in [-0.39, 0.29) is 5.24 Å². The van der Waals surface area contributed by atoms with Gasteiger partial charge in [0.1, 0.15) is 0 Å². The van der Waals surface area contributed by atoms with Gasteiger partial charge in [-0.25, -0.2) is 5.43 Å². The second kappa shape index (κ2) is 5.31. The van der Waals surface area contributed by atoms with E-state index in [0.29, 0.717) is 5.69 Å². The summed E-state index contributed by atoms with van der Waals surface area (Å²) in [4.78, 5) is 14.7. The monoisotopic (exact) mass is 195 g/mol. The van der Waals surface area contributed by atoms with Crippen LogP contribution < -0.4 is 5.43 Å². The van der Waals surface area contributed by atoms with Crippen molar-refractivity contribution in [3.63, 3.8) is 0 Å². The molecule has 13 heavy (non-hydrogen) atoms. The van der Waals surface area contributed by atoms with Gasteiger partial charge in [0.15, 0.2) is 0 Å². The van der Waals surface area contributed by atoms with E-state index in [2.05, 4.69) is 15.5 Å². The maximum atomic E-state index is 10.7. The first-order chi connectivity index (χ1) is 6.33. The Hall–Kier alpha value is -1.36. The lowest BCUT2D eigenvalue weighted by Gasteiger charge is -1.92. The first kappa shape index (κ1) is 9.73. The molecule has 0 aliphatic heterocycles. The highest BCUT2D eigenvalue weighted by atomic mass is 32.2. The molecule has 5 heteroatoms. The van der Waals surface area contributed by atoms with Crippen LogP contribution in [0.1, 0.15) is 5.69 Å². The molecule has 0 spiro atoms. The largest absolute Gasteiger partial charge is 0.298 e. The van der Waals surface area contributed by atoms with Crippen molar-refractivity contribution in [1.82, 2.24) is 10.4 Å². The van der Waals surface area contributed by atoms with Gasteiger partial charge in [-0.3, -0.25) is 9.78 Å². The molecular formula is C8H9N3OS. The summed E-state index contributed by atoms with van der Waals surface area (Å²) in [5.74, 6) is 0. The van der Waals surface area contributed by atoms with Crippen molar-refractivity contribution in [2.75, 3.05) is 6.26 Å². The number of hydrogen-bond donors (Lipinski definition) is 1. The molecule has 68 valence electrons. The van der Waals surface area contributed by atoms with Gasteiger partial charge in [0.05, 0.1) is 11.9 Å². The standard InChI is InChI=1S/C8H9N3OS/c1-13-8(12)11-10-6-7-4-2-3-5-9-7/h2-6H,1H3,(H,11,12)/b10-6+. The van der Waals surface area contributed by atoms with E-state index >= 15 is 0 Å². The highest BCUT2D eigenvalue weighted by Gasteiger charge is 1.91.